The Labute approximate surface area is 304 Å². The minimum atomic E-state index is -1.52. The van der Waals surface area contributed by atoms with Crippen molar-refractivity contribution >= 4 is 41.5 Å². The largest absolute Gasteiger partial charge is 0.480 e. The summed E-state index contributed by atoms with van der Waals surface area (Å²) in [5.74, 6) is -5.26. The van der Waals surface area contributed by atoms with E-state index in [2.05, 4.69) is 36.9 Å². The molecule has 18 nitrogen and oxygen atoms in total. The lowest BCUT2D eigenvalue weighted by Gasteiger charge is -2.28. The summed E-state index contributed by atoms with van der Waals surface area (Å²) in [6.45, 7) is 6.94. The van der Waals surface area contributed by atoms with Crippen LogP contribution in [0.15, 0.2) is 35.3 Å². The predicted octanol–water partition coefficient (Wildman–Crippen LogP) is -2.43. The number of aliphatic imine (C=N–C) groups is 1. The molecule has 7 atom stereocenters. The van der Waals surface area contributed by atoms with Gasteiger partial charge in [0.25, 0.3) is 0 Å². The number of carboxylic acids is 1. The summed E-state index contributed by atoms with van der Waals surface area (Å²) < 4.78 is 0. The highest BCUT2D eigenvalue weighted by Crippen LogP contribution is 2.09. The number of aliphatic hydroxyl groups excluding tert-OH is 1. The molecule has 0 saturated heterocycles. The van der Waals surface area contributed by atoms with E-state index in [1.54, 1.807) is 20.9 Å². The Bertz CT molecular complexity index is 1340. The number of rotatable bonds is 24. The average Bonchev–Trinajstić information content (AvgIpc) is 3.07. The summed E-state index contributed by atoms with van der Waals surface area (Å²) in [7, 11) is 1.74. The Morgan fingerprint density at radius 1 is 0.750 bits per heavy atom. The maximum Gasteiger partial charge on any atom is 0.326 e. The van der Waals surface area contributed by atoms with E-state index in [1.807, 2.05) is 30.3 Å². The summed E-state index contributed by atoms with van der Waals surface area (Å²) >= 11 is 0. The first-order valence-corrected chi connectivity index (χ1v) is 17.4. The summed E-state index contributed by atoms with van der Waals surface area (Å²) in [4.78, 5) is 81.6. The van der Waals surface area contributed by atoms with E-state index >= 15 is 0 Å². The zero-order valence-corrected chi connectivity index (χ0v) is 30.7. The number of aliphatic carboxylic acids is 1. The second-order valence-corrected chi connectivity index (χ2v) is 13.1. The Balaban J connectivity index is 3.02. The second kappa shape index (κ2) is 23.6. The second-order valence-electron chi connectivity index (χ2n) is 13.1. The number of nitrogens with zero attached hydrogens (tertiary/aromatic N) is 1. The van der Waals surface area contributed by atoms with Gasteiger partial charge in [-0.15, -0.1) is 0 Å². The zero-order chi connectivity index (χ0) is 39.4. The normalized spacial score (nSPS) is 15.1. The average molecular weight is 735 g/mol. The van der Waals surface area contributed by atoms with Crippen LogP contribution in [0.4, 0.5) is 0 Å². The first-order valence-electron chi connectivity index (χ1n) is 17.4. The predicted molar refractivity (Wildman–Crippen MR) is 195 cm³/mol. The SMILES string of the molecule is CNCCC[C@H](NC(=O)[C@@H](N)Cc1ccccc1)C(=O)N[C@H](C(=O)N[C@@H](CC(C)C)C(=O)N[C@@H](C)C(=O)N[C@@H](CCCN=C(N)N)C(=O)O)[C@@H](C)O. The molecule has 1 rings (SSSR count). The Morgan fingerprint density at radius 3 is 1.88 bits per heavy atom. The molecule has 0 spiro atoms. The smallest absolute Gasteiger partial charge is 0.326 e. The molecular weight excluding hydrogens is 676 g/mol. The number of carboxylic acid groups (broad SMARTS) is 1. The number of aliphatic hydroxyl groups is 1. The topological polar surface area (TPSA) is 305 Å². The van der Waals surface area contributed by atoms with Gasteiger partial charge in [0.05, 0.1) is 12.1 Å². The molecule has 0 aliphatic heterocycles. The van der Waals surface area contributed by atoms with Gasteiger partial charge in [0.2, 0.25) is 29.5 Å². The maximum atomic E-state index is 13.5. The van der Waals surface area contributed by atoms with Crippen molar-refractivity contribution in [2.75, 3.05) is 20.1 Å². The van der Waals surface area contributed by atoms with Gasteiger partial charge in [0, 0.05) is 6.54 Å². The van der Waals surface area contributed by atoms with Gasteiger partial charge in [0.1, 0.15) is 30.2 Å². The molecule has 52 heavy (non-hydrogen) atoms. The van der Waals surface area contributed by atoms with Crippen molar-refractivity contribution in [1.29, 1.82) is 0 Å². The first kappa shape index (κ1) is 45.2. The Morgan fingerprint density at radius 2 is 1.33 bits per heavy atom. The maximum absolute atomic E-state index is 13.5. The van der Waals surface area contributed by atoms with E-state index in [0.29, 0.717) is 13.0 Å². The van der Waals surface area contributed by atoms with E-state index < -0.39 is 77.9 Å². The number of guanidine groups is 1. The molecule has 14 N–H and O–H groups in total. The van der Waals surface area contributed by atoms with Crippen LogP contribution in [0.25, 0.3) is 0 Å². The van der Waals surface area contributed by atoms with Crippen LogP contribution in [0, 0.1) is 5.92 Å². The molecule has 1 aromatic rings. The minimum absolute atomic E-state index is 0.0253. The third-order valence-corrected chi connectivity index (χ3v) is 7.90. The third-order valence-electron chi connectivity index (χ3n) is 7.90. The number of nitrogens with two attached hydrogens (primary N) is 3. The summed E-state index contributed by atoms with van der Waals surface area (Å²) in [5, 5.41) is 35.6. The van der Waals surface area contributed by atoms with Crippen LogP contribution in [0.2, 0.25) is 0 Å². The molecule has 0 bridgehead atoms. The lowest BCUT2D eigenvalue weighted by molar-refractivity contribution is -0.142. The highest BCUT2D eigenvalue weighted by Gasteiger charge is 2.34. The van der Waals surface area contributed by atoms with E-state index in [0.717, 1.165) is 5.56 Å². The number of carbonyl (C=O) groups excluding carboxylic acids is 5. The molecule has 1 aromatic carbocycles. The van der Waals surface area contributed by atoms with E-state index in [1.165, 1.54) is 13.8 Å². The minimum Gasteiger partial charge on any atom is -0.480 e. The molecule has 0 aliphatic rings. The van der Waals surface area contributed by atoms with Gasteiger partial charge in [0.15, 0.2) is 5.96 Å². The van der Waals surface area contributed by atoms with E-state index in [9.17, 15) is 39.0 Å². The van der Waals surface area contributed by atoms with Crippen molar-refractivity contribution in [3.63, 3.8) is 0 Å². The fourth-order valence-electron chi connectivity index (χ4n) is 5.05. The highest BCUT2D eigenvalue weighted by atomic mass is 16.4. The Hall–Kier alpha value is -4.81. The van der Waals surface area contributed by atoms with Gasteiger partial charge < -0.3 is 59.3 Å². The lowest BCUT2D eigenvalue weighted by Crippen LogP contribution is -2.61. The molecule has 18 heteroatoms. The molecular formula is C34H58N10O8. The summed E-state index contributed by atoms with van der Waals surface area (Å²) in [5.41, 5.74) is 17.5. The van der Waals surface area contributed by atoms with Gasteiger partial charge in [-0.3, -0.25) is 29.0 Å². The number of amides is 5. The van der Waals surface area contributed by atoms with Crippen LogP contribution in [0.1, 0.15) is 65.4 Å². The molecule has 0 unspecified atom stereocenters. The summed E-state index contributed by atoms with van der Waals surface area (Å²) in [6.07, 6.45) is -0.0792. The molecule has 0 aromatic heterocycles. The van der Waals surface area contributed by atoms with Crippen LogP contribution in [-0.4, -0.2) is 114 Å². The van der Waals surface area contributed by atoms with Crippen molar-refractivity contribution in [1.82, 2.24) is 31.9 Å². The van der Waals surface area contributed by atoms with Crippen LogP contribution >= 0.6 is 0 Å². The molecule has 292 valence electrons. The molecule has 0 saturated carbocycles. The molecule has 0 heterocycles. The van der Waals surface area contributed by atoms with Gasteiger partial charge in [-0.25, -0.2) is 4.79 Å². The van der Waals surface area contributed by atoms with Crippen LogP contribution in [-0.2, 0) is 35.2 Å². The fourth-order valence-corrected chi connectivity index (χ4v) is 5.05. The molecule has 0 fully saturated rings. The van der Waals surface area contributed by atoms with E-state index in [-0.39, 0.29) is 50.5 Å². The standard InChI is InChI=1S/C34H58N10O8/c1-19(2)17-26(31(49)40-20(3)28(46)42-25(33(51)52)14-10-16-39-34(36)37)43-32(50)27(21(4)45)44-30(48)24(13-9-15-38-5)41-29(47)23(35)18-22-11-7-6-8-12-22/h6-8,11-12,19-21,23-27,38,45H,9-10,13-18,35H2,1-5H3,(H,40,49)(H,41,47)(H,42,46)(H,43,50)(H,44,48)(H,51,52)(H4,36,37,39)/t20-,21+,23-,24-,25-,26-,27-/m0/s1. The molecule has 5 amide bonds. The Kier molecular flexibility index (Phi) is 20.5. The van der Waals surface area contributed by atoms with Gasteiger partial charge >= 0.3 is 5.97 Å². The van der Waals surface area contributed by atoms with Crippen LogP contribution < -0.4 is 49.1 Å². The van der Waals surface area contributed by atoms with Crippen molar-refractivity contribution in [3.05, 3.63) is 35.9 Å². The van der Waals surface area contributed by atoms with Crippen LogP contribution in [0.5, 0.6) is 0 Å². The van der Waals surface area contributed by atoms with Crippen molar-refractivity contribution in [3.8, 4) is 0 Å². The van der Waals surface area contributed by atoms with Crippen LogP contribution in [0.3, 0.4) is 0 Å². The quantitative estimate of drug-likeness (QED) is 0.0300. The lowest BCUT2D eigenvalue weighted by atomic mass is 10.0. The third kappa shape index (κ3) is 17.4. The number of carbonyl (C=O) groups is 6. The molecule has 0 aliphatic carbocycles. The first-order chi connectivity index (χ1) is 24.5. The monoisotopic (exact) mass is 734 g/mol. The number of hydrogen-bond donors (Lipinski definition) is 11. The van der Waals surface area contributed by atoms with Crippen molar-refractivity contribution in [2.24, 2.45) is 28.1 Å². The van der Waals surface area contributed by atoms with E-state index in [4.69, 9.17) is 17.2 Å². The van der Waals surface area contributed by atoms with Gasteiger partial charge in [-0.2, -0.15) is 0 Å². The van der Waals surface area contributed by atoms with Crippen molar-refractivity contribution < 1.29 is 39.0 Å². The number of hydrogen-bond acceptors (Lipinski definition) is 10. The van der Waals surface area contributed by atoms with Gasteiger partial charge in [-0.1, -0.05) is 44.2 Å². The summed E-state index contributed by atoms with van der Waals surface area (Å²) in [6, 6.07) is 1.91. The zero-order valence-electron chi connectivity index (χ0n) is 30.7. The molecule has 0 radical (unpaired) electrons. The number of benzene rings is 1. The highest BCUT2D eigenvalue weighted by molar-refractivity contribution is 5.96. The number of nitrogens with one attached hydrogen (secondary N) is 6. The van der Waals surface area contributed by atoms with Crippen molar-refractivity contribution in [2.45, 2.75) is 109 Å². The fraction of sp³-hybridized carbons (Fsp3) is 0.618. The van der Waals surface area contributed by atoms with Gasteiger partial charge in [-0.05, 0) is 77.4 Å².